The van der Waals surface area contributed by atoms with Gasteiger partial charge in [-0.25, -0.2) is 14.4 Å². The Hall–Kier alpha value is -4.06. The number of rotatable bonds is 6. The van der Waals surface area contributed by atoms with Gasteiger partial charge >= 0.3 is 0 Å². The molecule has 0 atom stereocenters. The minimum absolute atomic E-state index is 0.278. The zero-order valence-electron chi connectivity index (χ0n) is 16.7. The molecule has 2 N–H and O–H groups in total. The summed E-state index contributed by atoms with van der Waals surface area (Å²) in [6, 6.07) is 22.1. The molecule has 0 amide bonds. The highest BCUT2D eigenvalue weighted by Crippen LogP contribution is 2.24. The van der Waals surface area contributed by atoms with Crippen LogP contribution in [0, 0.1) is 5.82 Å². The van der Waals surface area contributed by atoms with E-state index in [4.69, 9.17) is 0 Å². The SMILES string of the molecule is Fc1ccc(-c2cc(NCCc3c[nH]c4ccccc34)nc(-c3ccccn3)n2)cc1. The monoisotopic (exact) mass is 409 g/mol. The Bertz CT molecular complexity index is 1310. The number of nitrogens with one attached hydrogen (secondary N) is 2. The number of fused-ring (bicyclic) bond motifs is 1. The maximum atomic E-state index is 13.4. The van der Waals surface area contributed by atoms with Gasteiger partial charge in [-0.05, 0) is 54.4 Å². The molecule has 0 spiro atoms. The molecule has 5 nitrogen and oxygen atoms in total. The Balaban J connectivity index is 1.42. The van der Waals surface area contributed by atoms with E-state index in [0.717, 1.165) is 17.5 Å². The van der Waals surface area contributed by atoms with Crippen LogP contribution in [0.3, 0.4) is 0 Å². The van der Waals surface area contributed by atoms with Gasteiger partial charge in [0, 0.05) is 41.5 Å². The van der Waals surface area contributed by atoms with E-state index < -0.39 is 0 Å². The number of benzene rings is 2. The van der Waals surface area contributed by atoms with E-state index >= 15 is 0 Å². The molecule has 0 saturated heterocycles. The quantitative estimate of drug-likeness (QED) is 0.390. The molecule has 0 radical (unpaired) electrons. The summed E-state index contributed by atoms with van der Waals surface area (Å²) in [6.45, 7) is 0.712. The predicted molar refractivity (Wildman–Crippen MR) is 121 cm³/mol. The van der Waals surface area contributed by atoms with Crippen LogP contribution in [0.1, 0.15) is 5.56 Å². The molecule has 3 heterocycles. The van der Waals surface area contributed by atoms with E-state index in [9.17, 15) is 4.39 Å². The first kappa shape index (κ1) is 18.9. The fraction of sp³-hybridized carbons (Fsp3) is 0.0800. The molecule has 0 aliphatic carbocycles. The summed E-state index contributed by atoms with van der Waals surface area (Å²) < 4.78 is 13.4. The maximum absolute atomic E-state index is 13.4. The molecule has 0 bridgehead atoms. The van der Waals surface area contributed by atoms with Crippen molar-refractivity contribution < 1.29 is 4.39 Å². The summed E-state index contributed by atoms with van der Waals surface area (Å²) in [6.07, 6.45) is 4.61. The molecule has 0 aliphatic heterocycles. The third kappa shape index (κ3) is 4.14. The van der Waals surface area contributed by atoms with E-state index in [0.29, 0.717) is 29.6 Å². The van der Waals surface area contributed by atoms with E-state index in [2.05, 4.69) is 43.6 Å². The Labute approximate surface area is 179 Å². The van der Waals surface area contributed by atoms with Gasteiger partial charge in [0.1, 0.15) is 17.3 Å². The van der Waals surface area contributed by atoms with Gasteiger partial charge in [-0.2, -0.15) is 0 Å². The van der Waals surface area contributed by atoms with Crippen LogP contribution in [0.5, 0.6) is 0 Å². The number of hydrogen-bond donors (Lipinski definition) is 2. The van der Waals surface area contributed by atoms with Gasteiger partial charge in [-0.3, -0.25) is 4.98 Å². The van der Waals surface area contributed by atoms with Gasteiger partial charge in [0.25, 0.3) is 0 Å². The molecule has 31 heavy (non-hydrogen) atoms. The molecule has 3 aromatic heterocycles. The lowest BCUT2D eigenvalue weighted by Gasteiger charge is -2.10. The van der Waals surface area contributed by atoms with Crippen molar-refractivity contribution in [3.8, 4) is 22.8 Å². The van der Waals surface area contributed by atoms with Gasteiger partial charge in [0.05, 0.1) is 5.69 Å². The molecule has 152 valence electrons. The lowest BCUT2D eigenvalue weighted by atomic mass is 10.1. The molecular weight excluding hydrogens is 389 g/mol. The normalized spacial score (nSPS) is 11.0. The van der Waals surface area contributed by atoms with Gasteiger partial charge in [-0.15, -0.1) is 0 Å². The van der Waals surface area contributed by atoms with E-state index in [1.807, 2.05) is 36.4 Å². The highest BCUT2D eigenvalue weighted by atomic mass is 19.1. The fourth-order valence-corrected chi connectivity index (χ4v) is 3.58. The van der Waals surface area contributed by atoms with Crippen LogP contribution in [0.25, 0.3) is 33.7 Å². The molecule has 0 aliphatic rings. The van der Waals surface area contributed by atoms with Gasteiger partial charge in [-0.1, -0.05) is 24.3 Å². The lowest BCUT2D eigenvalue weighted by Crippen LogP contribution is -2.08. The third-order valence-corrected chi connectivity index (χ3v) is 5.14. The number of anilines is 1. The Kier molecular flexibility index (Phi) is 5.10. The number of aromatic amines is 1. The second-order valence-electron chi connectivity index (χ2n) is 7.22. The first-order valence-corrected chi connectivity index (χ1v) is 10.1. The van der Waals surface area contributed by atoms with Crippen molar-refractivity contribution in [1.82, 2.24) is 19.9 Å². The number of hydrogen-bond acceptors (Lipinski definition) is 4. The fourth-order valence-electron chi connectivity index (χ4n) is 3.58. The van der Waals surface area contributed by atoms with Crippen LogP contribution < -0.4 is 5.32 Å². The van der Waals surface area contributed by atoms with Crippen molar-refractivity contribution in [2.24, 2.45) is 0 Å². The lowest BCUT2D eigenvalue weighted by molar-refractivity contribution is 0.628. The molecule has 5 aromatic rings. The number of aromatic nitrogens is 4. The van der Waals surface area contributed by atoms with Crippen molar-refractivity contribution in [3.05, 3.63) is 96.6 Å². The maximum Gasteiger partial charge on any atom is 0.180 e. The highest BCUT2D eigenvalue weighted by Gasteiger charge is 2.10. The Morgan fingerprint density at radius 3 is 2.55 bits per heavy atom. The smallest absolute Gasteiger partial charge is 0.180 e. The first-order chi connectivity index (χ1) is 15.3. The topological polar surface area (TPSA) is 66.5 Å². The molecule has 0 saturated carbocycles. The molecule has 6 heteroatoms. The Morgan fingerprint density at radius 2 is 1.71 bits per heavy atom. The predicted octanol–water partition coefficient (Wildman–Crippen LogP) is 5.48. The van der Waals surface area contributed by atoms with Gasteiger partial charge in [0.15, 0.2) is 5.82 Å². The summed E-state index contributed by atoms with van der Waals surface area (Å²) in [5.74, 6) is 0.951. The van der Waals surface area contributed by atoms with Gasteiger partial charge < -0.3 is 10.3 Å². The van der Waals surface area contributed by atoms with Crippen LogP contribution in [-0.4, -0.2) is 26.5 Å². The molecule has 2 aromatic carbocycles. The number of pyridine rings is 1. The van der Waals surface area contributed by atoms with Crippen LogP contribution >= 0.6 is 0 Å². The molecule has 5 rings (SSSR count). The van der Waals surface area contributed by atoms with Crippen molar-refractivity contribution in [2.45, 2.75) is 6.42 Å². The minimum atomic E-state index is -0.278. The van der Waals surface area contributed by atoms with Crippen molar-refractivity contribution >= 4 is 16.7 Å². The minimum Gasteiger partial charge on any atom is -0.370 e. The number of H-pyrrole nitrogens is 1. The second-order valence-corrected chi connectivity index (χ2v) is 7.22. The first-order valence-electron chi connectivity index (χ1n) is 10.1. The highest BCUT2D eigenvalue weighted by molar-refractivity contribution is 5.83. The van der Waals surface area contributed by atoms with Crippen LogP contribution in [-0.2, 0) is 6.42 Å². The average Bonchev–Trinajstić information content (AvgIpc) is 3.23. The number of halogens is 1. The van der Waals surface area contributed by atoms with Crippen molar-refractivity contribution in [1.29, 1.82) is 0 Å². The van der Waals surface area contributed by atoms with Crippen molar-refractivity contribution in [2.75, 3.05) is 11.9 Å². The third-order valence-electron chi connectivity index (χ3n) is 5.14. The molecular formula is C25H20FN5. The second kappa shape index (κ2) is 8.36. The van der Waals surface area contributed by atoms with E-state index in [1.54, 1.807) is 18.3 Å². The number of nitrogens with zero attached hydrogens (tertiary/aromatic N) is 3. The zero-order valence-corrected chi connectivity index (χ0v) is 16.7. The summed E-state index contributed by atoms with van der Waals surface area (Å²) in [5, 5.41) is 4.64. The van der Waals surface area contributed by atoms with Crippen LogP contribution in [0.2, 0.25) is 0 Å². The molecule has 0 unspecified atom stereocenters. The summed E-state index contributed by atoms with van der Waals surface area (Å²) in [5.41, 5.74) is 4.61. The molecule has 0 fully saturated rings. The van der Waals surface area contributed by atoms with Crippen LogP contribution in [0.4, 0.5) is 10.2 Å². The Morgan fingerprint density at radius 1 is 0.871 bits per heavy atom. The van der Waals surface area contributed by atoms with E-state index in [1.165, 1.54) is 23.1 Å². The zero-order chi connectivity index (χ0) is 21.0. The van der Waals surface area contributed by atoms with Crippen LogP contribution in [0.15, 0.2) is 85.2 Å². The summed E-state index contributed by atoms with van der Waals surface area (Å²) >= 11 is 0. The average molecular weight is 409 g/mol. The largest absolute Gasteiger partial charge is 0.370 e. The van der Waals surface area contributed by atoms with E-state index in [-0.39, 0.29) is 5.82 Å². The standard InChI is InChI=1S/C25H20FN5/c26-19-10-8-17(9-11-19)23-15-24(31-25(30-23)22-7-3-4-13-27-22)28-14-12-18-16-29-21-6-2-1-5-20(18)21/h1-11,13,15-16,29H,12,14H2,(H,28,30,31). The van der Waals surface area contributed by atoms with Gasteiger partial charge in [0.2, 0.25) is 0 Å². The summed E-state index contributed by atoms with van der Waals surface area (Å²) in [4.78, 5) is 17.0. The van der Waals surface area contributed by atoms with Crippen molar-refractivity contribution in [3.63, 3.8) is 0 Å². The summed E-state index contributed by atoms with van der Waals surface area (Å²) in [7, 11) is 0. The number of para-hydroxylation sites is 1.